The number of aromatic nitrogens is 7. The topological polar surface area (TPSA) is 167 Å². The standard InChI is InChI=1S/C28H25ClN8O5/c1-41-10-11-42-27(38)32-21-5-2-17(3-6-21)23-14-30-26(33-23)28(39)9-8-18-12-19(15-37(40)25(18)28)22-13-20(29)4-7-24(22)36-16-31-34-35-36/h2-7,12-16,39H,8-11H2,1H3,(H,30,33)(H,32,38). The van der Waals surface area contributed by atoms with Crippen molar-refractivity contribution in [3.63, 3.8) is 0 Å². The lowest BCUT2D eigenvalue weighted by Gasteiger charge is -2.20. The van der Waals surface area contributed by atoms with Crippen molar-refractivity contribution in [2.24, 2.45) is 0 Å². The molecule has 0 saturated heterocycles. The molecule has 1 aliphatic rings. The third-order valence-corrected chi connectivity index (χ3v) is 7.29. The number of hydrogen-bond donors (Lipinski definition) is 3. The molecule has 0 spiro atoms. The van der Waals surface area contributed by atoms with E-state index in [9.17, 15) is 15.1 Å². The molecule has 14 heteroatoms. The molecule has 1 atom stereocenters. The van der Waals surface area contributed by atoms with Gasteiger partial charge in [-0.25, -0.2) is 9.78 Å². The fourth-order valence-corrected chi connectivity index (χ4v) is 5.24. The summed E-state index contributed by atoms with van der Waals surface area (Å²) in [6.07, 6.45) is 4.61. The molecule has 1 aliphatic carbocycles. The molecule has 3 N–H and O–H groups in total. The number of tetrazole rings is 1. The Bertz CT molecular complexity index is 1740. The number of carbonyl (C=O) groups excluding carboxylic acids is 1. The second-order valence-electron chi connectivity index (χ2n) is 9.68. The monoisotopic (exact) mass is 588 g/mol. The first kappa shape index (κ1) is 27.3. The number of anilines is 1. The van der Waals surface area contributed by atoms with Gasteiger partial charge >= 0.3 is 6.09 Å². The van der Waals surface area contributed by atoms with Crippen LogP contribution in [0.4, 0.5) is 10.5 Å². The summed E-state index contributed by atoms with van der Waals surface area (Å²) in [5.74, 6) is 0.259. The molecule has 214 valence electrons. The van der Waals surface area contributed by atoms with Crippen molar-refractivity contribution >= 4 is 23.4 Å². The zero-order valence-corrected chi connectivity index (χ0v) is 23.1. The summed E-state index contributed by atoms with van der Waals surface area (Å²) in [5.41, 5.74) is 3.18. The fourth-order valence-electron chi connectivity index (χ4n) is 5.07. The summed E-state index contributed by atoms with van der Waals surface area (Å²) in [6.45, 7) is 0.458. The van der Waals surface area contributed by atoms with Gasteiger partial charge in [-0.1, -0.05) is 23.7 Å². The number of ether oxygens (including phenoxy) is 2. The molecule has 5 aromatic rings. The van der Waals surface area contributed by atoms with Crippen LogP contribution in [0.2, 0.25) is 5.02 Å². The van der Waals surface area contributed by atoms with E-state index in [1.165, 1.54) is 24.3 Å². The van der Waals surface area contributed by atoms with Crippen molar-refractivity contribution in [2.75, 3.05) is 25.6 Å². The highest BCUT2D eigenvalue weighted by Crippen LogP contribution is 2.41. The predicted molar refractivity (Wildman–Crippen MR) is 151 cm³/mol. The average molecular weight is 589 g/mol. The van der Waals surface area contributed by atoms with Gasteiger partial charge in [-0.05, 0) is 65.2 Å². The quantitative estimate of drug-likeness (QED) is 0.140. The number of aliphatic hydroxyl groups is 1. The molecule has 0 bridgehead atoms. The van der Waals surface area contributed by atoms with Gasteiger partial charge in [0.05, 0.1) is 24.2 Å². The van der Waals surface area contributed by atoms with Crippen molar-refractivity contribution in [1.82, 2.24) is 30.2 Å². The molecule has 0 fully saturated rings. The summed E-state index contributed by atoms with van der Waals surface area (Å²) in [6, 6.07) is 14.1. The second-order valence-corrected chi connectivity index (χ2v) is 10.1. The lowest BCUT2D eigenvalue weighted by molar-refractivity contribution is -0.620. The summed E-state index contributed by atoms with van der Waals surface area (Å²) in [4.78, 5) is 19.5. The van der Waals surface area contributed by atoms with Crippen LogP contribution in [0.15, 0.2) is 67.3 Å². The maximum atomic E-state index is 13.4. The number of hydrogen-bond acceptors (Lipinski definition) is 9. The van der Waals surface area contributed by atoms with E-state index >= 15 is 0 Å². The maximum Gasteiger partial charge on any atom is 0.411 e. The van der Waals surface area contributed by atoms with Crippen LogP contribution in [0, 0.1) is 5.21 Å². The van der Waals surface area contributed by atoms with Crippen LogP contribution < -0.4 is 10.0 Å². The molecule has 13 nitrogen and oxygen atoms in total. The molecule has 1 unspecified atom stereocenters. The van der Waals surface area contributed by atoms with Crippen LogP contribution >= 0.6 is 11.6 Å². The van der Waals surface area contributed by atoms with E-state index < -0.39 is 11.7 Å². The number of amides is 1. The van der Waals surface area contributed by atoms with Gasteiger partial charge < -0.3 is 24.8 Å². The SMILES string of the molecule is COCCOC(=O)Nc1ccc(-c2cnc(C3(O)CCc4cc(-c5cc(Cl)ccc5-n5cnnn5)c[n+]([O-])c43)[nH]2)cc1. The smallest absolute Gasteiger partial charge is 0.411 e. The Labute approximate surface area is 244 Å². The van der Waals surface area contributed by atoms with E-state index in [0.29, 0.717) is 56.5 Å². The number of imidazole rings is 1. The van der Waals surface area contributed by atoms with E-state index in [2.05, 4.69) is 30.8 Å². The summed E-state index contributed by atoms with van der Waals surface area (Å²) < 4.78 is 12.1. The first-order valence-electron chi connectivity index (χ1n) is 13.0. The highest BCUT2D eigenvalue weighted by Gasteiger charge is 2.48. The number of aromatic amines is 1. The lowest BCUT2D eigenvalue weighted by Crippen LogP contribution is -2.42. The van der Waals surface area contributed by atoms with Crippen LogP contribution in [-0.2, 0) is 21.5 Å². The van der Waals surface area contributed by atoms with Crippen molar-refractivity contribution in [1.29, 1.82) is 0 Å². The second kappa shape index (κ2) is 11.2. The molecule has 3 heterocycles. The number of benzene rings is 2. The first-order chi connectivity index (χ1) is 20.4. The van der Waals surface area contributed by atoms with Crippen molar-refractivity contribution in [2.45, 2.75) is 18.4 Å². The number of fused-ring (bicyclic) bond motifs is 1. The van der Waals surface area contributed by atoms with Crippen LogP contribution in [0.3, 0.4) is 0 Å². The number of nitrogens with one attached hydrogen (secondary N) is 2. The molecule has 2 aromatic carbocycles. The van der Waals surface area contributed by atoms with Crippen LogP contribution in [0.1, 0.15) is 23.5 Å². The first-order valence-corrected chi connectivity index (χ1v) is 13.3. The Morgan fingerprint density at radius 1 is 1.21 bits per heavy atom. The Morgan fingerprint density at radius 3 is 2.81 bits per heavy atom. The van der Waals surface area contributed by atoms with Gasteiger partial charge in [-0.15, -0.1) is 5.10 Å². The largest absolute Gasteiger partial charge is 0.618 e. The molecule has 42 heavy (non-hydrogen) atoms. The average Bonchev–Trinajstić information content (AvgIpc) is 3.75. The Kier molecular flexibility index (Phi) is 7.29. The van der Waals surface area contributed by atoms with Crippen molar-refractivity contribution < 1.29 is 24.1 Å². The van der Waals surface area contributed by atoms with Gasteiger partial charge in [0.25, 0.3) is 0 Å². The van der Waals surface area contributed by atoms with Crippen LogP contribution in [0.5, 0.6) is 0 Å². The summed E-state index contributed by atoms with van der Waals surface area (Å²) in [7, 11) is 1.53. The Hall–Kier alpha value is -4.85. The molecule has 0 saturated carbocycles. The van der Waals surface area contributed by atoms with E-state index in [4.69, 9.17) is 21.1 Å². The van der Waals surface area contributed by atoms with Gasteiger partial charge in [0, 0.05) is 34.5 Å². The zero-order chi connectivity index (χ0) is 29.3. The molecular weight excluding hydrogens is 564 g/mol. The number of methoxy groups -OCH3 is 1. The predicted octanol–water partition coefficient (Wildman–Crippen LogP) is 3.38. The highest BCUT2D eigenvalue weighted by atomic mass is 35.5. The van der Waals surface area contributed by atoms with E-state index in [0.717, 1.165) is 5.56 Å². The van der Waals surface area contributed by atoms with E-state index in [1.807, 2.05) is 6.07 Å². The van der Waals surface area contributed by atoms with Crippen LogP contribution in [0.25, 0.3) is 28.1 Å². The summed E-state index contributed by atoms with van der Waals surface area (Å²) in [5, 5.41) is 39.7. The Balaban J connectivity index is 1.26. The molecule has 6 rings (SSSR count). The van der Waals surface area contributed by atoms with Crippen molar-refractivity contribution in [3.05, 3.63) is 94.6 Å². The minimum absolute atomic E-state index is 0.149. The number of carbonyl (C=O) groups is 1. The normalized spacial score (nSPS) is 15.9. The van der Waals surface area contributed by atoms with Gasteiger partial charge in [-0.3, -0.25) is 5.32 Å². The molecule has 3 aromatic heterocycles. The van der Waals surface area contributed by atoms with Gasteiger partial charge in [0.1, 0.15) is 18.8 Å². The lowest BCUT2D eigenvalue weighted by atomic mass is 9.98. The molecule has 0 aliphatic heterocycles. The maximum absolute atomic E-state index is 13.4. The number of pyridine rings is 1. The number of halogens is 1. The molecule has 1 amide bonds. The van der Waals surface area contributed by atoms with Gasteiger partial charge in [-0.2, -0.15) is 9.41 Å². The molecular formula is C28H25ClN8O5. The summed E-state index contributed by atoms with van der Waals surface area (Å²) >= 11 is 6.29. The number of rotatable bonds is 8. The van der Waals surface area contributed by atoms with Gasteiger partial charge in [0.15, 0.2) is 6.20 Å². The number of nitrogens with zero attached hydrogens (tertiary/aromatic N) is 6. The third kappa shape index (κ3) is 5.16. The Morgan fingerprint density at radius 2 is 2.05 bits per heavy atom. The fraction of sp³-hybridized carbons (Fsp3) is 0.214. The van der Waals surface area contributed by atoms with E-state index in [-0.39, 0.29) is 24.5 Å². The minimum atomic E-state index is -1.62. The molecule has 0 radical (unpaired) electrons. The van der Waals surface area contributed by atoms with Crippen molar-refractivity contribution in [3.8, 4) is 28.1 Å². The zero-order valence-electron chi connectivity index (χ0n) is 22.3. The number of H-pyrrole nitrogens is 1. The highest BCUT2D eigenvalue weighted by molar-refractivity contribution is 6.31. The third-order valence-electron chi connectivity index (χ3n) is 7.05. The minimum Gasteiger partial charge on any atom is -0.618 e. The van der Waals surface area contributed by atoms with Crippen LogP contribution in [-0.4, -0.2) is 61.7 Å². The van der Waals surface area contributed by atoms with E-state index in [1.54, 1.807) is 48.7 Å². The van der Waals surface area contributed by atoms with Gasteiger partial charge in [0.2, 0.25) is 11.3 Å². The number of aryl methyl sites for hydroxylation is 1.